The molecule has 1 saturated heterocycles. The maximum Gasteiger partial charge on any atom is 0.320 e. The molecule has 10 heterocycles. The van der Waals surface area contributed by atoms with E-state index in [1.54, 1.807) is 0 Å². The number of nitrogens with one attached hydrogen (secondary N) is 4. The molecule has 8 aliphatic rings. The number of ether oxygens (including phenoxy) is 3. The first-order chi connectivity index (χ1) is 54.2. The number of allylic oxidation sites excluding steroid dienone is 3. The van der Waals surface area contributed by atoms with Crippen molar-refractivity contribution in [3.05, 3.63) is 231 Å². The van der Waals surface area contributed by atoms with E-state index in [4.69, 9.17) is 31.4 Å². The van der Waals surface area contributed by atoms with E-state index < -0.39 is 0 Å². The van der Waals surface area contributed by atoms with Crippen molar-refractivity contribution in [2.45, 2.75) is 136 Å². The molecule has 20 rings (SSSR count). The maximum atomic E-state index is 12.8. The number of hydrogen-bond acceptors (Lipinski definition) is 19. The van der Waals surface area contributed by atoms with Gasteiger partial charge < -0.3 is 66.4 Å². The maximum absolute atomic E-state index is 12.8. The van der Waals surface area contributed by atoms with Crippen molar-refractivity contribution in [3.63, 3.8) is 0 Å². The van der Waals surface area contributed by atoms with Gasteiger partial charge in [0.1, 0.15) is 17.5 Å². The van der Waals surface area contributed by atoms with Crippen LogP contribution in [-0.2, 0) is 45.4 Å². The molecule has 0 radical (unpaired) electrons. The standard InChI is InChI=1S/C30H32N6O.C29H30N6O2.C28H29N7O2/c1-18-33-27-28(31)34-30-35-29(27)36(18)17-20-8-11-25(22(13-20)5-3-2-4-12-37-30)21-9-6-19(7-10-21)16-32-26-23-14-24(26)15-23;1-18-31-25-26(30)33-29-34-27(25)35(18)17-19-9-14-24(22(16-19)6-3-2-4-15-37-29)20-10-12-21(13-11-20)28(36)32-23-7-5-8-23;1-17-31-24-25(29)33-28-34-26(24)35(17)16-18-9-10-23(19(12-18)6-3-2-4-11-37-28)20-7-5-8-21(13-20)27(36)32-22-14-30-15-22/h2-3,6-11,13,23-24,26,32H,4-5,12,14-17H2,1H3,(H2,31,34,35);2-3,9-14,16,23H,4-8,15,17H2,1H3,(H,32,36)(H2,30,33,34);2-3,5,7-10,12-13,22,30H,4,6,11,14-16H2,1H3,(H,32,36)(H2,29,33,34)/b3*3-2-. The summed E-state index contributed by atoms with van der Waals surface area (Å²) in [5.74, 6) is 5.33. The number of aryl methyl sites for hydroxylation is 3. The van der Waals surface area contributed by atoms with E-state index in [0.29, 0.717) is 114 Å². The van der Waals surface area contributed by atoms with Crippen molar-refractivity contribution >= 4 is 62.8 Å². The second-order valence-electron chi connectivity index (χ2n) is 30.0. The molecule has 0 spiro atoms. The molecule has 0 unspecified atom stereocenters. The Labute approximate surface area is 643 Å². The highest BCUT2D eigenvalue weighted by Gasteiger charge is 2.52. The molecule has 12 aromatic rings. The van der Waals surface area contributed by atoms with Gasteiger partial charge in [0, 0.05) is 42.8 Å². The lowest BCUT2D eigenvalue weighted by molar-refractivity contribution is -0.0420. The zero-order valence-corrected chi connectivity index (χ0v) is 62.8. The summed E-state index contributed by atoms with van der Waals surface area (Å²) in [6, 6.07) is 46.8. The van der Waals surface area contributed by atoms with Gasteiger partial charge in [-0.05, 0) is 200 Å². The second-order valence-corrected chi connectivity index (χ2v) is 30.0. The Bertz CT molecular complexity index is 5600. The summed E-state index contributed by atoms with van der Waals surface area (Å²) in [6.07, 6.45) is 23.8. The van der Waals surface area contributed by atoms with Gasteiger partial charge in [0.05, 0.1) is 45.5 Å². The van der Waals surface area contributed by atoms with Crippen molar-refractivity contribution in [1.82, 2.24) is 79.8 Å². The van der Waals surface area contributed by atoms with Crippen molar-refractivity contribution in [1.29, 1.82) is 0 Å². The second kappa shape index (κ2) is 31.4. The van der Waals surface area contributed by atoms with Crippen molar-refractivity contribution in [2.24, 2.45) is 11.8 Å². The molecule has 5 fully saturated rings. The summed E-state index contributed by atoms with van der Waals surface area (Å²) >= 11 is 0. The van der Waals surface area contributed by atoms with Gasteiger partial charge in [0.2, 0.25) is 0 Å². The summed E-state index contributed by atoms with van der Waals surface area (Å²) in [4.78, 5) is 65.9. The number of imidazole rings is 3. The number of amides is 2. The first-order valence-electron chi connectivity index (χ1n) is 38.8. The molecule has 24 heteroatoms. The van der Waals surface area contributed by atoms with Crippen LogP contribution in [0.15, 0.2) is 164 Å². The van der Waals surface area contributed by atoms with Crippen LogP contribution in [0.4, 0.5) is 17.5 Å². The fourth-order valence-corrected chi connectivity index (χ4v) is 15.6. The Morgan fingerprint density at radius 2 is 0.883 bits per heavy atom. The number of nitrogens with two attached hydrogens (primary N) is 3. The van der Waals surface area contributed by atoms with Gasteiger partial charge in [-0.25, -0.2) is 15.0 Å². The SMILES string of the molecule is Cc1nc2c(N)nc3nc2n1Cc1ccc(-c2ccc(C(=O)NC4CCC4)cc2)c(c1)C/C=C\CCO3.Cc1nc2c(N)nc3nc2n1Cc1ccc(-c2ccc(CNC4C5CC4C5)cc2)c(c1)C/C=C\CCO3.Cc1nc2c(N)nc3nc2n1Cc1ccc(-c2cccc(C(=O)NC4CNC4)c2)c(c1)C/C=C\CCO3. The number of aromatic nitrogens is 12. The summed E-state index contributed by atoms with van der Waals surface area (Å²) in [5, 5.41) is 13.1. The first kappa shape index (κ1) is 71.8. The number of nitrogens with zero attached hydrogens (tertiary/aromatic N) is 12. The Morgan fingerprint density at radius 1 is 0.459 bits per heavy atom. The predicted molar refractivity (Wildman–Crippen MR) is 431 cm³/mol. The third kappa shape index (κ3) is 15.5. The minimum atomic E-state index is -0.0380. The Morgan fingerprint density at radius 3 is 1.29 bits per heavy atom. The van der Waals surface area contributed by atoms with Gasteiger partial charge in [-0.3, -0.25) is 9.59 Å². The number of carbonyl (C=O) groups is 2. The number of rotatable bonds is 10. The lowest BCUT2D eigenvalue weighted by Gasteiger charge is -2.58. The average molecular weight is 1480 g/mol. The van der Waals surface area contributed by atoms with Gasteiger partial charge in [-0.15, -0.1) is 0 Å². The Kier molecular flexibility index (Phi) is 20.3. The highest BCUT2D eigenvalue weighted by atomic mass is 16.5. The Hall–Kier alpha value is -12.2. The van der Waals surface area contributed by atoms with Crippen molar-refractivity contribution < 1.29 is 23.8 Å². The number of hydrogen-bond donors (Lipinski definition) is 7. The van der Waals surface area contributed by atoms with Gasteiger partial charge in [0.15, 0.2) is 50.9 Å². The predicted octanol–water partition coefficient (Wildman–Crippen LogP) is 12.4. The van der Waals surface area contributed by atoms with Crippen molar-refractivity contribution in [3.8, 4) is 51.4 Å². The lowest BCUT2D eigenvalue weighted by atomic mass is 9.52. The number of carbonyl (C=O) groups excluding carboxylic acids is 2. The third-order valence-electron chi connectivity index (χ3n) is 22.5. The molecule has 4 aliphatic heterocycles. The van der Waals surface area contributed by atoms with E-state index in [1.165, 1.54) is 58.2 Å². The lowest BCUT2D eigenvalue weighted by Crippen LogP contribution is -2.61. The molecule has 0 atom stereocenters. The van der Waals surface area contributed by atoms with Gasteiger partial charge >= 0.3 is 18.0 Å². The van der Waals surface area contributed by atoms with Gasteiger partial charge in [0.25, 0.3) is 11.8 Å². The van der Waals surface area contributed by atoms with Crippen LogP contribution in [0.5, 0.6) is 18.0 Å². The molecule has 6 aromatic carbocycles. The van der Waals surface area contributed by atoms with Crippen LogP contribution in [0, 0.1) is 32.6 Å². The van der Waals surface area contributed by atoms with Crippen LogP contribution >= 0.6 is 0 Å². The van der Waals surface area contributed by atoms with E-state index in [2.05, 4.69) is 197 Å². The monoisotopic (exact) mass is 1480 g/mol. The number of benzene rings is 6. The van der Waals surface area contributed by atoms with Crippen LogP contribution in [0.25, 0.3) is 66.9 Å². The summed E-state index contributed by atoms with van der Waals surface area (Å²) in [5.41, 5.74) is 39.2. The molecule has 564 valence electrons. The molecule has 111 heavy (non-hydrogen) atoms. The van der Waals surface area contributed by atoms with Crippen LogP contribution in [0.2, 0.25) is 0 Å². The number of anilines is 3. The zero-order chi connectivity index (χ0) is 75.6. The molecule has 2 amide bonds. The van der Waals surface area contributed by atoms with E-state index in [9.17, 15) is 9.59 Å². The fraction of sp³-hybridized carbons (Fsp3) is 0.322. The summed E-state index contributed by atoms with van der Waals surface area (Å²) in [6.45, 7) is 11.7. The van der Waals surface area contributed by atoms with Crippen LogP contribution < -0.4 is 52.7 Å². The Balaban J connectivity index is 0.000000121. The highest BCUT2D eigenvalue weighted by Crippen LogP contribution is 2.53. The van der Waals surface area contributed by atoms with Gasteiger partial charge in [-0.2, -0.15) is 29.9 Å². The number of nitrogen functional groups attached to an aromatic ring is 3. The summed E-state index contributed by atoms with van der Waals surface area (Å²) < 4.78 is 23.6. The molecule has 24 nitrogen and oxygen atoms in total. The molecular weight excluding hydrogens is 1390 g/mol. The smallest absolute Gasteiger partial charge is 0.320 e. The fourth-order valence-electron chi connectivity index (χ4n) is 15.6. The molecule has 10 N–H and O–H groups in total. The minimum absolute atomic E-state index is 0.00828. The molecule has 6 aromatic heterocycles. The third-order valence-corrected chi connectivity index (χ3v) is 22.5. The normalized spacial score (nSPS) is 18.7. The van der Waals surface area contributed by atoms with Crippen LogP contribution in [-0.4, -0.2) is 121 Å². The molecule has 14 bridgehead atoms. The van der Waals surface area contributed by atoms with Crippen LogP contribution in [0.3, 0.4) is 0 Å². The zero-order valence-electron chi connectivity index (χ0n) is 62.8. The largest absolute Gasteiger partial charge is 0.463 e. The average Bonchev–Trinajstić information content (AvgIpc) is 1.64. The van der Waals surface area contributed by atoms with Gasteiger partial charge in [-0.1, -0.05) is 140 Å². The molecule has 4 aliphatic carbocycles. The van der Waals surface area contributed by atoms with E-state index in [-0.39, 0.29) is 29.9 Å². The molecule has 4 saturated carbocycles. The summed E-state index contributed by atoms with van der Waals surface area (Å²) in [7, 11) is 0. The van der Waals surface area contributed by atoms with E-state index >= 15 is 0 Å². The quantitative estimate of drug-likeness (QED) is 0.0626. The first-order valence-corrected chi connectivity index (χ1v) is 38.8. The number of fused-ring (bicyclic) bond motifs is 9. The van der Waals surface area contributed by atoms with Crippen LogP contribution in [0.1, 0.15) is 128 Å². The van der Waals surface area contributed by atoms with E-state index in [0.717, 1.165) is 140 Å². The van der Waals surface area contributed by atoms with E-state index in [1.807, 2.05) is 67.8 Å². The highest BCUT2D eigenvalue weighted by molar-refractivity contribution is 5.96. The molecular formula is C87H91N19O5. The topological polar surface area (TPSA) is 319 Å². The minimum Gasteiger partial charge on any atom is -0.463 e. The van der Waals surface area contributed by atoms with Crippen molar-refractivity contribution in [2.75, 3.05) is 50.1 Å².